The van der Waals surface area contributed by atoms with E-state index in [0.717, 1.165) is 10.8 Å². The van der Waals surface area contributed by atoms with Crippen molar-refractivity contribution in [3.05, 3.63) is 24.5 Å². The molecule has 6 nitrogen and oxygen atoms in total. The Labute approximate surface area is 103 Å². The van der Waals surface area contributed by atoms with E-state index in [1.54, 1.807) is 0 Å². The van der Waals surface area contributed by atoms with Crippen LogP contribution in [0.2, 0.25) is 0 Å². The summed E-state index contributed by atoms with van der Waals surface area (Å²) < 4.78 is 0. The van der Waals surface area contributed by atoms with Gasteiger partial charge in [0.2, 0.25) is 0 Å². The van der Waals surface area contributed by atoms with E-state index in [4.69, 9.17) is 22.9 Å². The van der Waals surface area contributed by atoms with Gasteiger partial charge in [0.15, 0.2) is 0 Å². The van der Waals surface area contributed by atoms with Crippen LogP contribution in [0.3, 0.4) is 0 Å². The summed E-state index contributed by atoms with van der Waals surface area (Å²) in [6.45, 7) is 0. The molecule has 3 aromatic rings. The Morgan fingerprint density at radius 1 is 0.667 bits per heavy atom. The minimum absolute atomic E-state index is 0.449. The fourth-order valence-electron chi connectivity index (χ4n) is 1.99. The summed E-state index contributed by atoms with van der Waals surface area (Å²) in [5, 5.41) is 1.53. The van der Waals surface area contributed by atoms with E-state index < -0.39 is 0 Å². The smallest absolute Gasteiger partial charge is 0.0987 e. The second-order valence-corrected chi connectivity index (χ2v) is 4.11. The number of nitrogen functional groups attached to an aromatic ring is 4. The molecule has 1 aromatic carbocycles. The summed E-state index contributed by atoms with van der Waals surface area (Å²) in [6.07, 6.45) is 3.04. The van der Waals surface area contributed by atoms with Gasteiger partial charge >= 0.3 is 0 Å². The minimum atomic E-state index is 0.449. The monoisotopic (exact) mass is 240 g/mol. The lowest BCUT2D eigenvalue weighted by Crippen LogP contribution is -2.00. The number of pyridine rings is 2. The molecule has 6 heteroatoms. The largest absolute Gasteiger partial charge is 0.396 e. The van der Waals surface area contributed by atoms with Crippen molar-refractivity contribution in [2.75, 3.05) is 22.9 Å². The highest BCUT2D eigenvalue weighted by atomic mass is 14.8. The van der Waals surface area contributed by atoms with Gasteiger partial charge in [-0.05, 0) is 12.1 Å². The summed E-state index contributed by atoms with van der Waals surface area (Å²) >= 11 is 0. The standard InChI is InChI=1S/C12H12N6/c13-7-3-17-11-5(9(7)15)1-2-6-10(16)8(14)4-18-12(6)11/h1-4H,13-14H2,(H2,15,17)(H2,16,18). The summed E-state index contributed by atoms with van der Waals surface area (Å²) in [6, 6.07) is 3.65. The van der Waals surface area contributed by atoms with Crippen LogP contribution in [0.15, 0.2) is 24.5 Å². The average Bonchev–Trinajstić information content (AvgIpc) is 2.38. The number of nitrogens with two attached hydrogens (primary N) is 4. The van der Waals surface area contributed by atoms with Crippen molar-refractivity contribution in [1.82, 2.24) is 9.97 Å². The lowest BCUT2D eigenvalue weighted by molar-refractivity contribution is 1.38. The van der Waals surface area contributed by atoms with Gasteiger partial charge in [0.05, 0.1) is 46.2 Å². The molecule has 0 radical (unpaired) electrons. The van der Waals surface area contributed by atoms with Crippen molar-refractivity contribution < 1.29 is 0 Å². The Balaban J connectivity index is 2.56. The van der Waals surface area contributed by atoms with Gasteiger partial charge in [0.25, 0.3) is 0 Å². The summed E-state index contributed by atoms with van der Waals surface area (Å²) in [4.78, 5) is 8.55. The van der Waals surface area contributed by atoms with Crippen molar-refractivity contribution in [3.63, 3.8) is 0 Å². The van der Waals surface area contributed by atoms with Crippen molar-refractivity contribution >= 4 is 44.6 Å². The van der Waals surface area contributed by atoms with Gasteiger partial charge in [-0.2, -0.15) is 0 Å². The molecule has 0 amide bonds. The fourth-order valence-corrected chi connectivity index (χ4v) is 1.99. The molecule has 8 N–H and O–H groups in total. The Kier molecular flexibility index (Phi) is 1.94. The molecule has 0 aliphatic heterocycles. The SMILES string of the molecule is Nc1cnc2c(ccc3c(N)c(N)cnc32)c1N. The van der Waals surface area contributed by atoms with Crippen LogP contribution >= 0.6 is 0 Å². The van der Waals surface area contributed by atoms with Crippen molar-refractivity contribution in [2.45, 2.75) is 0 Å². The van der Waals surface area contributed by atoms with E-state index in [0.29, 0.717) is 33.8 Å². The third-order valence-corrected chi connectivity index (χ3v) is 3.02. The quantitative estimate of drug-likeness (QED) is 0.435. The highest BCUT2D eigenvalue weighted by molar-refractivity contribution is 6.12. The predicted octanol–water partition coefficient (Wildman–Crippen LogP) is 1.11. The molecular formula is C12H12N6. The molecule has 18 heavy (non-hydrogen) atoms. The van der Waals surface area contributed by atoms with Crippen LogP contribution in [0.5, 0.6) is 0 Å². The van der Waals surface area contributed by atoms with E-state index in [-0.39, 0.29) is 0 Å². The third-order valence-electron chi connectivity index (χ3n) is 3.02. The van der Waals surface area contributed by atoms with Crippen LogP contribution < -0.4 is 22.9 Å². The number of benzene rings is 1. The number of hydrogen-bond acceptors (Lipinski definition) is 6. The first-order valence-electron chi connectivity index (χ1n) is 5.36. The van der Waals surface area contributed by atoms with Crippen LogP contribution in [-0.2, 0) is 0 Å². The molecule has 0 saturated heterocycles. The Hall–Kier alpha value is -2.76. The maximum Gasteiger partial charge on any atom is 0.0987 e. The summed E-state index contributed by atoms with van der Waals surface area (Å²) in [5.41, 5.74) is 26.6. The highest BCUT2D eigenvalue weighted by Gasteiger charge is 2.10. The van der Waals surface area contributed by atoms with E-state index in [9.17, 15) is 0 Å². The molecule has 0 spiro atoms. The molecule has 0 saturated carbocycles. The predicted molar refractivity (Wildman–Crippen MR) is 74.7 cm³/mol. The van der Waals surface area contributed by atoms with Gasteiger partial charge in [-0.25, -0.2) is 0 Å². The Bertz CT molecular complexity index is 714. The van der Waals surface area contributed by atoms with Crippen LogP contribution in [-0.4, -0.2) is 9.97 Å². The molecule has 0 atom stereocenters. The van der Waals surface area contributed by atoms with E-state index in [1.165, 1.54) is 12.4 Å². The Morgan fingerprint density at radius 2 is 1.06 bits per heavy atom. The molecule has 0 bridgehead atoms. The van der Waals surface area contributed by atoms with Crippen molar-refractivity contribution in [3.8, 4) is 0 Å². The minimum Gasteiger partial charge on any atom is -0.396 e. The first-order chi connectivity index (χ1) is 8.59. The number of fused-ring (bicyclic) bond motifs is 3. The maximum absolute atomic E-state index is 5.93. The maximum atomic E-state index is 5.93. The van der Waals surface area contributed by atoms with Gasteiger partial charge in [-0.3, -0.25) is 9.97 Å². The van der Waals surface area contributed by atoms with E-state index in [1.807, 2.05) is 12.1 Å². The van der Waals surface area contributed by atoms with Gasteiger partial charge in [0.1, 0.15) is 0 Å². The van der Waals surface area contributed by atoms with Crippen LogP contribution in [0.1, 0.15) is 0 Å². The lowest BCUT2D eigenvalue weighted by atomic mass is 10.1. The zero-order valence-corrected chi connectivity index (χ0v) is 9.51. The average molecular weight is 240 g/mol. The first-order valence-corrected chi connectivity index (χ1v) is 5.36. The number of anilines is 4. The fraction of sp³-hybridized carbons (Fsp3) is 0. The van der Waals surface area contributed by atoms with Crippen molar-refractivity contribution in [2.24, 2.45) is 0 Å². The lowest BCUT2D eigenvalue weighted by Gasteiger charge is -2.09. The molecule has 2 heterocycles. The number of aromatic nitrogens is 2. The Morgan fingerprint density at radius 3 is 1.44 bits per heavy atom. The van der Waals surface area contributed by atoms with E-state index in [2.05, 4.69) is 9.97 Å². The first kappa shape index (κ1) is 10.4. The molecular weight excluding hydrogens is 228 g/mol. The molecule has 0 aliphatic carbocycles. The number of hydrogen-bond donors (Lipinski definition) is 4. The second kappa shape index (κ2) is 3.36. The summed E-state index contributed by atoms with van der Waals surface area (Å²) in [5.74, 6) is 0. The molecule has 3 rings (SSSR count). The van der Waals surface area contributed by atoms with Crippen LogP contribution in [0.25, 0.3) is 21.8 Å². The van der Waals surface area contributed by atoms with Gasteiger partial charge in [0, 0.05) is 10.8 Å². The molecule has 0 aliphatic rings. The second-order valence-electron chi connectivity index (χ2n) is 4.11. The van der Waals surface area contributed by atoms with Gasteiger partial charge < -0.3 is 22.9 Å². The van der Waals surface area contributed by atoms with Crippen LogP contribution in [0.4, 0.5) is 22.7 Å². The number of nitrogens with zero attached hydrogens (tertiary/aromatic N) is 2. The molecule has 90 valence electrons. The molecule has 2 aromatic heterocycles. The molecule has 0 fully saturated rings. The zero-order chi connectivity index (χ0) is 12.9. The van der Waals surface area contributed by atoms with Gasteiger partial charge in [-0.1, -0.05) is 0 Å². The normalized spacial score (nSPS) is 11.1. The third kappa shape index (κ3) is 1.22. The topological polar surface area (TPSA) is 130 Å². The highest BCUT2D eigenvalue weighted by Crippen LogP contribution is 2.33. The van der Waals surface area contributed by atoms with Crippen molar-refractivity contribution in [1.29, 1.82) is 0 Å². The van der Waals surface area contributed by atoms with Gasteiger partial charge in [-0.15, -0.1) is 0 Å². The van der Waals surface area contributed by atoms with E-state index >= 15 is 0 Å². The number of rotatable bonds is 0. The zero-order valence-electron chi connectivity index (χ0n) is 9.51. The van der Waals surface area contributed by atoms with Crippen LogP contribution in [0, 0.1) is 0 Å². The summed E-state index contributed by atoms with van der Waals surface area (Å²) in [7, 11) is 0. The molecule has 0 unspecified atom stereocenters.